The van der Waals surface area contributed by atoms with Crippen LogP contribution in [0.15, 0.2) is 0 Å². The fraction of sp³-hybridized carbons (Fsp3) is 1.00. The number of unbranched alkanes of at least 4 members (excludes halogenated alkanes) is 1. The normalized spacial score (nSPS) is 12.0. The summed E-state index contributed by atoms with van der Waals surface area (Å²) >= 11 is 0. The Morgan fingerprint density at radius 2 is 1.64 bits per heavy atom. The summed E-state index contributed by atoms with van der Waals surface area (Å²) in [5, 5.41) is 0. The van der Waals surface area contributed by atoms with E-state index in [0.717, 1.165) is 0 Å². The number of hydrogen-bond acceptors (Lipinski definition) is 0. The van der Waals surface area contributed by atoms with Gasteiger partial charge in [-0.05, 0) is 30.6 Å². The van der Waals surface area contributed by atoms with Gasteiger partial charge in [-0.25, -0.2) is 0 Å². The van der Waals surface area contributed by atoms with Crippen molar-refractivity contribution in [3.63, 3.8) is 0 Å². The average molecular weight is 192 g/mol. The van der Waals surface area contributed by atoms with Gasteiger partial charge >= 0.3 is 0 Å². The molecule has 11 heavy (non-hydrogen) atoms. The van der Waals surface area contributed by atoms with E-state index in [0.29, 0.717) is 5.41 Å². The molecule has 0 aromatic carbocycles. The molecular formula is C9H22P2. The average Bonchev–Trinajstić information content (AvgIpc) is 2.08. The third-order valence-electron chi connectivity index (χ3n) is 2.68. The second-order valence-electron chi connectivity index (χ2n) is 3.37. The molecule has 68 valence electrons. The molecule has 2 heteroatoms. The SMILES string of the molecule is CCCCC(CC)(CP)CP. The first kappa shape index (κ1) is 11.9. The van der Waals surface area contributed by atoms with Gasteiger partial charge in [0.25, 0.3) is 0 Å². The van der Waals surface area contributed by atoms with E-state index in [4.69, 9.17) is 0 Å². The summed E-state index contributed by atoms with van der Waals surface area (Å²) in [6, 6.07) is 0. The van der Waals surface area contributed by atoms with Crippen LogP contribution in [0.4, 0.5) is 0 Å². The molecule has 0 fully saturated rings. The highest BCUT2D eigenvalue weighted by molar-refractivity contribution is 7.17. The molecule has 0 saturated carbocycles. The fourth-order valence-corrected chi connectivity index (χ4v) is 2.96. The molecule has 0 amide bonds. The molecule has 2 atom stereocenters. The smallest absolute Gasteiger partial charge is 0.0231 e. The summed E-state index contributed by atoms with van der Waals surface area (Å²) in [6.45, 7) is 4.58. The molecule has 0 rings (SSSR count). The highest BCUT2D eigenvalue weighted by atomic mass is 31.0. The van der Waals surface area contributed by atoms with E-state index in [9.17, 15) is 0 Å². The molecule has 0 heterocycles. The van der Waals surface area contributed by atoms with Crippen LogP contribution in [0.1, 0.15) is 39.5 Å². The van der Waals surface area contributed by atoms with Crippen molar-refractivity contribution in [3.8, 4) is 0 Å². The first-order valence-electron chi connectivity index (χ1n) is 4.64. The van der Waals surface area contributed by atoms with Crippen LogP contribution in [0, 0.1) is 5.41 Å². The third kappa shape index (κ3) is 3.86. The number of hydrogen-bond donors (Lipinski definition) is 0. The molecule has 0 nitrogen and oxygen atoms in total. The van der Waals surface area contributed by atoms with E-state index >= 15 is 0 Å². The maximum Gasteiger partial charge on any atom is -0.0231 e. The predicted octanol–water partition coefficient (Wildman–Crippen LogP) is 3.32. The van der Waals surface area contributed by atoms with Gasteiger partial charge in [0.1, 0.15) is 0 Å². The summed E-state index contributed by atoms with van der Waals surface area (Å²) in [7, 11) is 5.79. The van der Waals surface area contributed by atoms with Gasteiger partial charge in [0.05, 0.1) is 0 Å². The zero-order valence-electron chi connectivity index (χ0n) is 7.90. The Kier molecular flexibility index (Phi) is 6.88. The minimum absolute atomic E-state index is 0.603. The summed E-state index contributed by atoms with van der Waals surface area (Å²) in [4.78, 5) is 0. The topological polar surface area (TPSA) is 0 Å². The lowest BCUT2D eigenvalue weighted by Crippen LogP contribution is -2.23. The summed E-state index contributed by atoms with van der Waals surface area (Å²) in [6.07, 6.45) is 7.95. The van der Waals surface area contributed by atoms with Crippen molar-refractivity contribution in [1.82, 2.24) is 0 Å². The van der Waals surface area contributed by atoms with Crippen LogP contribution in [0.3, 0.4) is 0 Å². The lowest BCUT2D eigenvalue weighted by molar-refractivity contribution is 0.328. The van der Waals surface area contributed by atoms with Crippen molar-refractivity contribution in [1.29, 1.82) is 0 Å². The van der Waals surface area contributed by atoms with Crippen LogP contribution in [0.25, 0.3) is 0 Å². The highest BCUT2D eigenvalue weighted by Crippen LogP contribution is 2.32. The van der Waals surface area contributed by atoms with E-state index in [1.807, 2.05) is 0 Å². The Hall–Kier alpha value is 0.860. The second-order valence-corrected chi connectivity index (χ2v) is 4.18. The van der Waals surface area contributed by atoms with Crippen molar-refractivity contribution in [2.45, 2.75) is 39.5 Å². The molecular weight excluding hydrogens is 170 g/mol. The molecule has 0 aliphatic heterocycles. The van der Waals surface area contributed by atoms with Crippen LogP contribution in [-0.4, -0.2) is 12.3 Å². The van der Waals surface area contributed by atoms with Gasteiger partial charge in [0.2, 0.25) is 0 Å². The second kappa shape index (κ2) is 6.38. The monoisotopic (exact) mass is 192 g/mol. The van der Waals surface area contributed by atoms with Gasteiger partial charge in [-0.1, -0.05) is 26.7 Å². The zero-order valence-corrected chi connectivity index (χ0v) is 10.2. The maximum atomic E-state index is 2.89. The molecule has 0 N–H and O–H groups in total. The molecule has 0 bridgehead atoms. The Morgan fingerprint density at radius 3 is 1.91 bits per heavy atom. The van der Waals surface area contributed by atoms with Crippen LogP contribution < -0.4 is 0 Å². The van der Waals surface area contributed by atoms with E-state index in [1.54, 1.807) is 0 Å². The first-order chi connectivity index (χ1) is 5.24. The maximum absolute atomic E-state index is 2.89. The predicted molar refractivity (Wildman–Crippen MR) is 61.4 cm³/mol. The zero-order chi connectivity index (χ0) is 8.74. The largest absolute Gasteiger partial charge is 0.137 e. The van der Waals surface area contributed by atoms with Gasteiger partial charge in [-0.15, -0.1) is 18.5 Å². The molecule has 0 aromatic heterocycles. The Bertz CT molecular complexity index is 79.3. The van der Waals surface area contributed by atoms with Crippen LogP contribution in [0.5, 0.6) is 0 Å². The van der Waals surface area contributed by atoms with Crippen LogP contribution in [0.2, 0.25) is 0 Å². The van der Waals surface area contributed by atoms with Gasteiger partial charge in [0, 0.05) is 0 Å². The van der Waals surface area contributed by atoms with Gasteiger partial charge < -0.3 is 0 Å². The molecule has 0 aliphatic carbocycles. The van der Waals surface area contributed by atoms with Gasteiger partial charge in [-0.3, -0.25) is 0 Å². The van der Waals surface area contributed by atoms with Crippen molar-refractivity contribution in [2.75, 3.05) is 12.3 Å². The van der Waals surface area contributed by atoms with Crippen LogP contribution in [-0.2, 0) is 0 Å². The summed E-state index contributed by atoms with van der Waals surface area (Å²) in [5.74, 6) is 0. The lowest BCUT2D eigenvalue weighted by atomic mass is 9.84. The van der Waals surface area contributed by atoms with Gasteiger partial charge in [-0.2, -0.15) is 0 Å². The Morgan fingerprint density at radius 1 is 1.09 bits per heavy atom. The molecule has 0 saturated heterocycles. The standard InChI is InChI=1S/C9H22P2/c1-3-5-6-9(4-2,7-10)8-11/h3-8,10-11H2,1-2H3. The van der Waals surface area contributed by atoms with E-state index in [-0.39, 0.29) is 0 Å². The number of rotatable bonds is 6. The van der Waals surface area contributed by atoms with Crippen LogP contribution >= 0.6 is 18.5 Å². The third-order valence-corrected chi connectivity index (χ3v) is 4.41. The lowest BCUT2D eigenvalue weighted by Gasteiger charge is -2.29. The summed E-state index contributed by atoms with van der Waals surface area (Å²) < 4.78 is 0. The Balaban J connectivity index is 3.84. The fourth-order valence-electron chi connectivity index (χ4n) is 1.30. The van der Waals surface area contributed by atoms with Crippen molar-refractivity contribution in [2.24, 2.45) is 5.41 Å². The molecule has 0 radical (unpaired) electrons. The minimum Gasteiger partial charge on any atom is -0.137 e. The molecule has 2 unspecified atom stereocenters. The van der Waals surface area contributed by atoms with Crippen molar-refractivity contribution < 1.29 is 0 Å². The quantitative estimate of drug-likeness (QED) is 0.566. The van der Waals surface area contributed by atoms with E-state index in [2.05, 4.69) is 32.3 Å². The molecule has 0 aliphatic rings. The van der Waals surface area contributed by atoms with Crippen molar-refractivity contribution >= 4 is 18.5 Å². The first-order valence-corrected chi connectivity index (χ1v) is 6.28. The van der Waals surface area contributed by atoms with E-state index in [1.165, 1.54) is 38.0 Å². The Labute approximate surface area is 76.3 Å². The highest BCUT2D eigenvalue weighted by Gasteiger charge is 2.22. The van der Waals surface area contributed by atoms with E-state index < -0.39 is 0 Å². The van der Waals surface area contributed by atoms with Crippen molar-refractivity contribution in [3.05, 3.63) is 0 Å². The van der Waals surface area contributed by atoms with Gasteiger partial charge in [0.15, 0.2) is 0 Å². The molecule has 0 aromatic rings. The summed E-state index contributed by atoms with van der Waals surface area (Å²) in [5.41, 5.74) is 0.603. The minimum atomic E-state index is 0.603. The molecule has 0 spiro atoms.